The van der Waals surface area contributed by atoms with Crippen LogP contribution < -0.4 is 10.6 Å². The average Bonchev–Trinajstić information content (AvgIpc) is 2.89. The van der Waals surface area contributed by atoms with Crippen molar-refractivity contribution in [2.45, 2.75) is 155 Å². The van der Waals surface area contributed by atoms with Gasteiger partial charge in [0.05, 0.1) is 6.04 Å². The van der Waals surface area contributed by atoms with E-state index in [4.69, 9.17) is 5.11 Å². The lowest BCUT2D eigenvalue weighted by Gasteiger charge is -2.16. The highest BCUT2D eigenvalue weighted by molar-refractivity contribution is 7.96. The van der Waals surface area contributed by atoms with Gasteiger partial charge in [-0.2, -0.15) is 0 Å². The molecule has 2 amide bonds. The summed E-state index contributed by atoms with van der Waals surface area (Å²) < 4.78 is 0. The summed E-state index contributed by atoms with van der Waals surface area (Å²) >= 11 is 3.71. The van der Waals surface area contributed by atoms with Crippen molar-refractivity contribution in [1.29, 1.82) is 0 Å². The molecule has 1 unspecified atom stereocenters. The SMILES string of the molecule is CC.CCC(NC(=O)CC[C@H](NC(=O)CCCCCCCCCCCCCCCCC(=O)O)C(=O)O)C(=O)S. The van der Waals surface area contributed by atoms with Gasteiger partial charge in [0, 0.05) is 19.3 Å². The quantitative estimate of drug-likeness (QED) is 0.0659. The first kappa shape index (κ1) is 39.0. The minimum Gasteiger partial charge on any atom is -0.481 e. The topological polar surface area (TPSA) is 150 Å². The van der Waals surface area contributed by atoms with Gasteiger partial charge in [-0.1, -0.05) is 97.8 Å². The molecule has 0 saturated heterocycles. The number of carboxylic acids is 2. The Labute approximate surface area is 241 Å². The van der Waals surface area contributed by atoms with Crippen LogP contribution in [0.5, 0.6) is 0 Å². The molecular formula is C29H54N2O7S. The third-order valence-corrected chi connectivity index (χ3v) is 6.69. The van der Waals surface area contributed by atoms with E-state index in [1.165, 1.54) is 44.9 Å². The van der Waals surface area contributed by atoms with E-state index in [-0.39, 0.29) is 31.6 Å². The average molecular weight is 575 g/mol. The molecular weight excluding hydrogens is 520 g/mol. The van der Waals surface area contributed by atoms with Crippen molar-refractivity contribution < 1.29 is 34.2 Å². The zero-order valence-electron chi connectivity index (χ0n) is 24.5. The summed E-state index contributed by atoms with van der Waals surface area (Å²) in [6.45, 7) is 5.74. The van der Waals surface area contributed by atoms with Crippen molar-refractivity contribution in [2.24, 2.45) is 0 Å². The van der Waals surface area contributed by atoms with E-state index < -0.39 is 35.0 Å². The number of nitrogens with one attached hydrogen (secondary N) is 2. The summed E-state index contributed by atoms with van der Waals surface area (Å²) in [6.07, 6.45) is 16.0. The first-order valence-electron chi connectivity index (χ1n) is 14.9. The van der Waals surface area contributed by atoms with Gasteiger partial charge in [-0.05, 0) is 25.7 Å². The normalized spacial score (nSPS) is 12.0. The van der Waals surface area contributed by atoms with Crippen LogP contribution in [-0.2, 0) is 24.0 Å². The lowest BCUT2D eigenvalue weighted by atomic mass is 10.0. The molecule has 10 heteroatoms. The predicted molar refractivity (Wildman–Crippen MR) is 158 cm³/mol. The second kappa shape index (κ2) is 27.5. The van der Waals surface area contributed by atoms with Crippen LogP contribution in [0.1, 0.15) is 143 Å². The molecule has 0 saturated carbocycles. The van der Waals surface area contributed by atoms with Crippen LogP contribution in [0.3, 0.4) is 0 Å². The second-order valence-electron chi connectivity index (χ2n) is 9.71. The van der Waals surface area contributed by atoms with E-state index >= 15 is 0 Å². The van der Waals surface area contributed by atoms with Crippen LogP contribution in [0, 0.1) is 0 Å². The molecule has 0 aromatic heterocycles. The smallest absolute Gasteiger partial charge is 0.326 e. The van der Waals surface area contributed by atoms with Crippen molar-refractivity contribution in [3.63, 3.8) is 0 Å². The van der Waals surface area contributed by atoms with Crippen molar-refractivity contribution in [2.75, 3.05) is 0 Å². The van der Waals surface area contributed by atoms with Crippen molar-refractivity contribution >= 4 is 41.5 Å². The fraction of sp³-hybridized carbons (Fsp3) is 0.828. The van der Waals surface area contributed by atoms with Crippen LogP contribution in [-0.4, -0.2) is 51.2 Å². The zero-order chi connectivity index (χ0) is 29.9. The van der Waals surface area contributed by atoms with E-state index in [9.17, 15) is 29.1 Å². The van der Waals surface area contributed by atoms with E-state index in [0.29, 0.717) is 12.8 Å². The number of carbonyl (C=O) groups excluding carboxylic acids is 3. The number of hydrogen-bond acceptors (Lipinski definition) is 5. The molecule has 0 fully saturated rings. The summed E-state index contributed by atoms with van der Waals surface area (Å²) in [6, 6.07) is -1.84. The number of amides is 2. The molecule has 0 radical (unpaired) electrons. The molecule has 0 rings (SSSR count). The van der Waals surface area contributed by atoms with Crippen molar-refractivity contribution in [3.8, 4) is 0 Å². The number of aliphatic carboxylic acids is 2. The highest BCUT2D eigenvalue weighted by Crippen LogP contribution is 2.14. The summed E-state index contributed by atoms with van der Waals surface area (Å²) in [4.78, 5) is 57.2. The largest absolute Gasteiger partial charge is 0.481 e. The number of rotatable bonds is 25. The van der Waals surface area contributed by atoms with Gasteiger partial charge in [-0.15, -0.1) is 12.6 Å². The summed E-state index contributed by atoms with van der Waals surface area (Å²) in [5.74, 6) is -2.67. The molecule has 0 aromatic rings. The summed E-state index contributed by atoms with van der Waals surface area (Å²) in [5.41, 5.74) is 0. The Morgan fingerprint density at radius 1 is 0.590 bits per heavy atom. The molecule has 0 bridgehead atoms. The number of hydrogen-bond donors (Lipinski definition) is 5. The van der Waals surface area contributed by atoms with Crippen LogP contribution in [0.4, 0.5) is 0 Å². The van der Waals surface area contributed by atoms with Gasteiger partial charge in [0.2, 0.25) is 16.9 Å². The molecule has 4 N–H and O–H groups in total. The van der Waals surface area contributed by atoms with Gasteiger partial charge in [0.15, 0.2) is 0 Å². The molecule has 2 atom stereocenters. The fourth-order valence-electron chi connectivity index (χ4n) is 4.09. The van der Waals surface area contributed by atoms with E-state index in [1.807, 2.05) is 13.8 Å². The van der Waals surface area contributed by atoms with Gasteiger partial charge in [-0.25, -0.2) is 4.79 Å². The molecule has 228 valence electrons. The first-order chi connectivity index (χ1) is 18.7. The van der Waals surface area contributed by atoms with Crippen LogP contribution in [0.25, 0.3) is 0 Å². The number of thiol groups is 1. The molecule has 0 aliphatic rings. The molecule has 0 aliphatic carbocycles. The highest BCUT2D eigenvalue weighted by Gasteiger charge is 2.22. The fourth-order valence-corrected chi connectivity index (χ4v) is 4.33. The Morgan fingerprint density at radius 2 is 0.949 bits per heavy atom. The van der Waals surface area contributed by atoms with Crippen LogP contribution in [0.2, 0.25) is 0 Å². The van der Waals surface area contributed by atoms with Crippen LogP contribution in [0.15, 0.2) is 0 Å². The van der Waals surface area contributed by atoms with Crippen molar-refractivity contribution in [3.05, 3.63) is 0 Å². The van der Waals surface area contributed by atoms with Gasteiger partial charge >= 0.3 is 11.9 Å². The van der Waals surface area contributed by atoms with E-state index in [2.05, 4.69) is 23.3 Å². The van der Waals surface area contributed by atoms with Crippen molar-refractivity contribution in [1.82, 2.24) is 10.6 Å². The Morgan fingerprint density at radius 3 is 1.31 bits per heavy atom. The van der Waals surface area contributed by atoms with Gasteiger partial charge in [0.25, 0.3) is 0 Å². The molecule has 9 nitrogen and oxygen atoms in total. The van der Waals surface area contributed by atoms with Gasteiger partial charge in [0.1, 0.15) is 6.04 Å². The highest BCUT2D eigenvalue weighted by atomic mass is 32.1. The zero-order valence-corrected chi connectivity index (χ0v) is 25.4. The molecule has 0 heterocycles. The molecule has 0 aliphatic heterocycles. The third kappa shape index (κ3) is 25.9. The summed E-state index contributed by atoms with van der Waals surface area (Å²) in [5, 5.41) is 22.5. The Hall–Kier alpha value is -2.10. The second-order valence-corrected chi connectivity index (χ2v) is 10.1. The molecule has 39 heavy (non-hydrogen) atoms. The Balaban J connectivity index is 0. The molecule has 0 spiro atoms. The Kier molecular flexibility index (Phi) is 27.5. The third-order valence-electron chi connectivity index (χ3n) is 6.38. The standard InChI is InChI=1S/C27H48N2O7S.C2H6/c1-2-21(27(36)37)28-24(31)20-19-22(26(34)35)29-23(30)17-15-13-11-9-7-5-3-4-6-8-10-12-14-16-18-25(32)33;1-2/h21-22H,2-20H2,1H3,(H,28,31)(H,29,30)(H,32,33)(H,34,35)(H,36,37);1-2H3/t21?,22-;/m0./s1. The van der Waals surface area contributed by atoms with Crippen LogP contribution >= 0.6 is 12.6 Å². The first-order valence-corrected chi connectivity index (χ1v) is 15.4. The predicted octanol–water partition coefficient (Wildman–Crippen LogP) is 6.04. The lowest BCUT2D eigenvalue weighted by molar-refractivity contribution is -0.142. The maximum absolute atomic E-state index is 12.1. The van der Waals surface area contributed by atoms with E-state index in [1.54, 1.807) is 6.92 Å². The van der Waals surface area contributed by atoms with Gasteiger partial charge < -0.3 is 20.8 Å². The molecule has 0 aromatic carbocycles. The maximum atomic E-state index is 12.1. The number of unbranched alkanes of at least 4 members (excludes halogenated alkanes) is 13. The lowest BCUT2D eigenvalue weighted by Crippen LogP contribution is -2.43. The van der Waals surface area contributed by atoms with E-state index in [0.717, 1.165) is 38.5 Å². The number of carbonyl (C=O) groups is 5. The Bertz CT molecular complexity index is 689. The minimum absolute atomic E-state index is 0.0447. The maximum Gasteiger partial charge on any atom is 0.326 e. The monoisotopic (exact) mass is 574 g/mol. The number of carboxylic acid groups (broad SMARTS) is 2. The minimum atomic E-state index is -1.19. The van der Waals surface area contributed by atoms with Gasteiger partial charge in [-0.3, -0.25) is 19.2 Å². The summed E-state index contributed by atoms with van der Waals surface area (Å²) in [7, 11) is 0.